The molecule has 3 fully saturated rings. The molecule has 4 atom stereocenters. The largest absolute Gasteiger partial charge is 0.385 e. The second-order valence-corrected chi connectivity index (χ2v) is 9.66. The number of amides is 1. The Kier molecular flexibility index (Phi) is 4.87. The summed E-state index contributed by atoms with van der Waals surface area (Å²) in [6.07, 6.45) is 2.70. The molecule has 0 radical (unpaired) electrons. The van der Waals surface area contributed by atoms with Gasteiger partial charge in [0.2, 0.25) is 0 Å². The number of carbonyl (C=O) groups is 1. The van der Waals surface area contributed by atoms with Gasteiger partial charge < -0.3 is 27.2 Å². The third-order valence-corrected chi connectivity index (χ3v) is 7.79. The Bertz CT molecular complexity index is 1160. The summed E-state index contributed by atoms with van der Waals surface area (Å²) in [4.78, 5) is 34.5. The van der Waals surface area contributed by atoms with Crippen molar-refractivity contribution < 1.29 is 9.90 Å². The number of nitrogens with one attached hydrogen (secondary N) is 2. The van der Waals surface area contributed by atoms with Gasteiger partial charge in [0.1, 0.15) is 40.6 Å². The number of carbonyl (C=O) groups excluding carboxylic acids is 1. The van der Waals surface area contributed by atoms with Crippen LogP contribution in [0.4, 0.5) is 17.3 Å². The van der Waals surface area contributed by atoms with Gasteiger partial charge in [-0.1, -0.05) is 13.8 Å². The molecule has 2 aromatic rings. The first-order valence-corrected chi connectivity index (χ1v) is 10.7. The van der Waals surface area contributed by atoms with Crippen LogP contribution in [0, 0.1) is 24.2 Å². The molecule has 172 valence electrons. The molecule has 0 aromatic carbocycles. The normalized spacial score (nSPS) is 31.2. The molecule has 0 saturated heterocycles. The number of nitrogens with zero attached hydrogens (tertiary/aromatic N) is 3. The van der Waals surface area contributed by atoms with Crippen molar-refractivity contribution in [3.8, 4) is 0 Å². The van der Waals surface area contributed by atoms with E-state index in [-0.39, 0.29) is 34.3 Å². The highest BCUT2D eigenvalue weighted by Gasteiger charge is 2.72. The number of aryl methyl sites for hydroxylation is 1. The quantitative estimate of drug-likeness (QED) is 0.462. The lowest BCUT2D eigenvalue weighted by Crippen LogP contribution is -2.76. The topological polar surface area (TPSA) is 161 Å². The van der Waals surface area contributed by atoms with Crippen LogP contribution in [0.15, 0.2) is 23.3 Å². The molecule has 3 aliphatic carbocycles. The summed E-state index contributed by atoms with van der Waals surface area (Å²) in [5.74, 6) is 0.600. The van der Waals surface area contributed by atoms with Gasteiger partial charge in [0.05, 0.1) is 0 Å². The Hall–Kier alpha value is -2.98. The molecule has 1 aliphatic heterocycles. The van der Waals surface area contributed by atoms with Crippen molar-refractivity contribution in [3.05, 3.63) is 40.1 Å². The number of aliphatic hydroxyl groups is 1. The minimum atomic E-state index is -1.28. The van der Waals surface area contributed by atoms with E-state index in [9.17, 15) is 14.7 Å². The van der Waals surface area contributed by atoms with Crippen molar-refractivity contribution in [1.29, 1.82) is 0 Å². The Morgan fingerprint density at radius 3 is 2.50 bits per heavy atom. The smallest absolute Gasteiger partial charge is 0.276 e. The predicted octanol–water partition coefficient (Wildman–Crippen LogP) is 1.06. The number of hydrogen-bond acceptors (Lipinski definition) is 8. The van der Waals surface area contributed by atoms with Crippen molar-refractivity contribution in [2.75, 3.05) is 18.1 Å². The van der Waals surface area contributed by atoms with Crippen molar-refractivity contribution in [3.63, 3.8) is 0 Å². The fourth-order valence-electron chi connectivity index (χ4n) is 6.02. The molecular weight excluding hydrogens is 410 g/mol. The highest BCUT2D eigenvalue weighted by Crippen LogP contribution is 2.67. The summed E-state index contributed by atoms with van der Waals surface area (Å²) in [6, 6.07) is 3.16. The van der Waals surface area contributed by atoms with Crippen molar-refractivity contribution in [2.45, 2.75) is 51.8 Å². The molecule has 2 bridgehead atoms. The summed E-state index contributed by atoms with van der Waals surface area (Å²) in [5.41, 5.74) is 8.54. The zero-order valence-corrected chi connectivity index (χ0v) is 19.1. The lowest BCUT2D eigenvalue weighted by atomic mass is 9.41. The van der Waals surface area contributed by atoms with Crippen LogP contribution >= 0.6 is 0 Å². The van der Waals surface area contributed by atoms with E-state index >= 15 is 0 Å². The van der Waals surface area contributed by atoms with Crippen molar-refractivity contribution in [2.24, 2.45) is 23.0 Å². The number of anilines is 3. The highest BCUT2D eigenvalue weighted by molar-refractivity contribution is 5.97. The van der Waals surface area contributed by atoms with Crippen LogP contribution in [0.5, 0.6) is 0 Å². The van der Waals surface area contributed by atoms with Crippen LogP contribution in [0.2, 0.25) is 0 Å². The summed E-state index contributed by atoms with van der Waals surface area (Å²) in [6.45, 7) is 7.83. The lowest BCUT2D eigenvalue weighted by Gasteiger charge is -2.68. The van der Waals surface area contributed by atoms with Gasteiger partial charge >= 0.3 is 0 Å². The first-order chi connectivity index (χ1) is 15.0. The minimum absolute atomic E-state index is 0.0273. The van der Waals surface area contributed by atoms with E-state index in [2.05, 4.69) is 40.2 Å². The Balaban J connectivity index is 0.00000119. The summed E-state index contributed by atoms with van der Waals surface area (Å²) >= 11 is 0. The first kappa shape index (κ1) is 22.2. The average molecular weight is 442 g/mol. The van der Waals surface area contributed by atoms with Gasteiger partial charge in [0, 0.05) is 6.07 Å². The molecule has 10 nitrogen and oxygen atoms in total. The van der Waals surface area contributed by atoms with Crippen LogP contribution in [0.3, 0.4) is 0 Å². The van der Waals surface area contributed by atoms with Crippen LogP contribution in [-0.4, -0.2) is 38.2 Å². The summed E-state index contributed by atoms with van der Waals surface area (Å²) < 4.78 is 1.48. The van der Waals surface area contributed by atoms with Crippen molar-refractivity contribution >= 4 is 23.2 Å². The summed E-state index contributed by atoms with van der Waals surface area (Å²) in [7, 11) is 1.50. The van der Waals surface area contributed by atoms with Crippen LogP contribution in [0.1, 0.15) is 49.7 Å². The SMILES string of the molecule is CN.Cc1cc(Nc2cc(N)ncn2)c(=O)n2c1C(=O)NC21CC2CC(C2(C)C)C1(C)O. The van der Waals surface area contributed by atoms with E-state index in [0.717, 1.165) is 6.42 Å². The van der Waals surface area contributed by atoms with Gasteiger partial charge in [-0.05, 0) is 62.6 Å². The molecule has 4 aliphatic rings. The third-order valence-electron chi connectivity index (χ3n) is 7.79. The van der Waals surface area contributed by atoms with E-state index in [0.29, 0.717) is 29.4 Å². The van der Waals surface area contributed by atoms with E-state index < -0.39 is 11.3 Å². The second-order valence-electron chi connectivity index (χ2n) is 9.66. The molecule has 10 heteroatoms. The van der Waals surface area contributed by atoms with E-state index in [1.165, 1.54) is 24.0 Å². The number of aromatic nitrogens is 3. The zero-order chi connectivity index (χ0) is 23.6. The van der Waals surface area contributed by atoms with Gasteiger partial charge in [-0.3, -0.25) is 14.2 Å². The van der Waals surface area contributed by atoms with Gasteiger partial charge in [-0.25, -0.2) is 9.97 Å². The predicted molar refractivity (Wildman–Crippen MR) is 121 cm³/mol. The second kappa shape index (κ2) is 7.01. The first-order valence-electron chi connectivity index (χ1n) is 10.7. The van der Waals surface area contributed by atoms with Crippen LogP contribution in [-0.2, 0) is 5.66 Å². The minimum Gasteiger partial charge on any atom is -0.385 e. The number of nitrogen functional groups attached to an aromatic ring is 1. The molecule has 3 saturated carbocycles. The van der Waals surface area contributed by atoms with E-state index in [4.69, 9.17) is 5.73 Å². The maximum atomic E-state index is 13.6. The fraction of sp³-hybridized carbons (Fsp3) is 0.545. The Morgan fingerprint density at radius 2 is 1.91 bits per heavy atom. The lowest BCUT2D eigenvalue weighted by molar-refractivity contribution is -0.260. The number of rotatable bonds is 2. The molecule has 1 amide bonds. The standard InChI is InChI=1S/C21H26N6O3.CH5N/c1-10-5-12(25-15-7-14(22)23-9-24-15)18(29)27-16(10)17(28)26-21(27)8-11-6-13(19(11,2)3)20(21,4)30;1-2/h5,7,9,11,13,30H,6,8H2,1-4H3,(H,26,28)(H3,22,23,24,25);2H2,1H3. The monoisotopic (exact) mass is 441 g/mol. The Labute approximate surface area is 186 Å². The summed E-state index contributed by atoms with van der Waals surface area (Å²) in [5, 5.41) is 17.7. The van der Waals surface area contributed by atoms with Gasteiger partial charge in [-0.15, -0.1) is 0 Å². The number of hydrogen-bond donors (Lipinski definition) is 5. The van der Waals surface area contributed by atoms with Crippen LogP contribution in [0.25, 0.3) is 0 Å². The molecular formula is C22H31N7O3. The van der Waals surface area contributed by atoms with Crippen molar-refractivity contribution in [1.82, 2.24) is 19.9 Å². The maximum Gasteiger partial charge on any atom is 0.276 e. The highest BCUT2D eigenvalue weighted by atomic mass is 16.3. The Morgan fingerprint density at radius 1 is 1.22 bits per heavy atom. The fourth-order valence-corrected chi connectivity index (χ4v) is 6.02. The number of pyridine rings is 1. The van der Waals surface area contributed by atoms with Gasteiger partial charge in [0.25, 0.3) is 11.5 Å². The maximum absolute atomic E-state index is 13.6. The van der Waals surface area contributed by atoms with Crippen LogP contribution < -0.4 is 27.7 Å². The van der Waals surface area contributed by atoms with E-state index in [1.54, 1.807) is 19.9 Å². The molecule has 4 unspecified atom stereocenters. The molecule has 3 heterocycles. The molecule has 6 rings (SSSR count). The molecule has 7 N–H and O–H groups in total. The third kappa shape index (κ3) is 2.72. The number of nitrogens with two attached hydrogens (primary N) is 2. The zero-order valence-electron chi connectivity index (χ0n) is 19.1. The van der Waals surface area contributed by atoms with Gasteiger partial charge in [0.15, 0.2) is 0 Å². The van der Waals surface area contributed by atoms with Gasteiger partial charge in [-0.2, -0.15) is 0 Å². The molecule has 32 heavy (non-hydrogen) atoms. The van der Waals surface area contributed by atoms with E-state index in [1.807, 2.05) is 0 Å². The molecule has 1 spiro atoms. The molecule has 2 aromatic heterocycles. The average Bonchev–Trinajstić information content (AvgIpc) is 3.03. The number of fused-ring (bicyclic) bond motifs is 1.